The minimum atomic E-state index is -0.424. The van der Waals surface area contributed by atoms with Gasteiger partial charge in [-0.3, -0.25) is 18.7 Å². The van der Waals surface area contributed by atoms with Crippen LogP contribution in [0.4, 0.5) is 5.69 Å². The molecule has 0 unspecified atom stereocenters. The lowest BCUT2D eigenvalue weighted by molar-refractivity contribution is -0.116. The quantitative estimate of drug-likeness (QED) is 0.697. The molecule has 2 aromatic heterocycles. The summed E-state index contributed by atoms with van der Waals surface area (Å²) >= 11 is 0. The first-order chi connectivity index (χ1) is 14.2. The molecule has 8 heteroatoms. The molecule has 0 saturated carbocycles. The van der Waals surface area contributed by atoms with Crippen LogP contribution in [0.1, 0.15) is 28.8 Å². The lowest BCUT2D eigenvalue weighted by atomic mass is 10.00. The van der Waals surface area contributed by atoms with Gasteiger partial charge >= 0.3 is 5.69 Å². The zero-order valence-corrected chi connectivity index (χ0v) is 17.4. The molecule has 1 N–H and O–H groups in total. The van der Waals surface area contributed by atoms with Crippen LogP contribution in [-0.4, -0.2) is 20.0 Å². The molecule has 154 valence electrons. The van der Waals surface area contributed by atoms with Crippen molar-refractivity contribution in [3.8, 4) is 6.07 Å². The number of aromatic nitrogens is 3. The maximum Gasteiger partial charge on any atom is 0.332 e. The van der Waals surface area contributed by atoms with Gasteiger partial charge in [0.05, 0.1) is 17.9 Å². The third kappa shape index (κ3) is 3.87. The van der Waals surface area contributed by atoms with Crippen molar-refractivity contribution < 1.29 is 4.79 Å². The number of amides is 1. The van der Waals surface area contributed by atoms with E-state index in [1.54, 1.807) is 31.3 Å². The van der Waals surface area contributed by atoms with E-state index in [9.17, 15) is 14.4 Å². The van der Waals surface area contributed by atoms with Crippen molar-refractivity contribution >= 4 is 22.6 Å². The molecular formula is C22H23N5O3. The summed E-state index contributed by atoms with van der Waals surface area (Å²) in [4.78, 5) is 41.7. The van der Waals surface area contributed by atoms with Crippen molar-refractivity contribution in [3.05, 3.63) is 67.5 Å². The average Bonchev–Trinajstić information content (AvgIpc) is 2.71. The molecular weight excluding hydrogens is 382 g/mol. The number of nitrogens with zero attached hydrogens (tertiary/aromatic N) is 4. The smallest absolute Gasteiger partial charge is 0.326 e. The molecule has 0 aliphatic heterocycles. The SMILES string of the molecule is Cc1nc2c(c(C)c1CCC(=O)Nc1ccc(CC#N)cc1)c(=O)n(C)c(=O)n2C. The molecule has 0 bridgehead atoms. The van der Waals surface area contributed by atoms with E-state index in [-0.39, 0.29) is 17.9 Å². The minimum Gasteiger partial charge on any atom is -0.326 e. The Morgan fingerprint density at radius 1 is 1.13 bits per heavy atom. The number of nitriles is 1. The second-order valence-corrected chi connectivity index (χ2v) is 7.29. The summed E-state index contributed by atoms with van der Waals surface area (Å²) in [5.74, 6) is -0.157. The van der Waals surface area contributed by atoms with E-state index >= 15 is 0 Å². The van der Waals surface area contributed by atoms with E-state index in [1.165, 1.54) is 11.6 Å². The lowest BCUT2D eigenvalue weighted by Gasteiger charge is -2.15. The molecule has 0 saturated heterocycles. The summed E-state index contributed by atoms with van der Waals surface area (Å²) in [7, 11) is 3.03. The van der Waals surface area contributed by atoms with Crippen LogP contribution in [0.15, 0.2) is 33.9 Å². The second-order valence-electron chi connectivity index (χ2n) is 7.29. The normalized spacial score (nSPS) is 10.8. The van der Waals surface area contributed by atoms with Crippen molar-refractivity contribution in [1.82, 2.24) is 14.1 Å². The highest BCUT2D eigenvalue weighted by molar-refractivity contribution is 5.91. The number of pyridine rings is 1. The summed E-state index contributed by atoms with van der Waals surface area (Å²) < 4.78 is 2.43. The van der Waals surface area contributed by atoms with Crippen LogP contribution in [0.3, 0.4) is 0 Å². The largest absolute Gasteiger partial charge is 0.332 e. The Hall–Kier alpha value is -3.73. The van der Waals surface area contributed by atoms with Crippen LogP contribution < -0.4 is 16.6 Å². The summed E-state index contributed by atoms with van der Waals surface area (Å²) in [6.45, 7) is 3.64. The van der Waals surface area contributed by atoms with E-state index in [0.29, 0.717) is 35.3 Å². The summed E-state index contributed by atoms with van der Waals surface area (Å²) in [5, 5.41) is 12.0. The zero-order chi connectivity index (χ0) is 22.0. The van der Waals surface area contributed by atoms with Crippen LogP contribution in [0.2, 0.25) is 0 Å². The van der Waals surface area contributed by atoms with Gasteiger partial charge in [0.15, 0.2) is 0 Å². The van der Waals surface area contributed by atoms with Gasteiger partial charge in [-0.15, -0.1) is 0 Å². The van der Waals surface area contributed by atoms with Crippen LogP contribution in [0.25, 0.3) is 11.0 Å². The third-order valence-electron chi connectivity index (χ3n) is 5.29. The minimum absolute atomic E-state index is 0.157. The fraction of sp³-hybridized carbons (Fsp3) is 0.318. The molecule has 8 nitrogen and oxygen atoms in total. The summed E-state index contributed by atoms with van der Waals surface area (Å²) in [5.41, 5.74) is 3.35. The van der Waals surface area contributed by atoms with Crippen LogP contribution in [0, 0.1) is 25.2 Å². The highest BCUT2D eigenvalue weighted by atomic mass is 16.2. The van der Waals surface area contributed by atoms with Crippen molar-refractivity contribution in [2.75, 3.05) is 5.32 Å². The van der Waals surface area contributed by atoms with E-state index in [4.69, 9.17) is 5.26 Å². The van der Waals surface area contributed by atoms with Gasteiger partial charge in [0, 0.05) is 31.9 Å². The predicted molar refractivity (Wildman–Crippen MR) is 114 cm³/mol. The third-order valence-corrected chi connectivity index (χ3v) is 5.29. The standard InChI is InChI=1S/C22H23N5O3/c1-13-17(9-10-18(28)25-16-7-5-15(6-8-16)11-12-23)14(2)24-20-19(13)21(29)27(4)22(30)26(20)3/h5-8H,9-11H2,1-4H3,(H,25,28). The molecule has 0 atom stereocenters. The number of carbonyl (C=O) groups is 1. The Labute approximate surface area is 173 Å². The number of nitrogens with one attached hydrogen (secondary N) is 1. The molecule has 0 fully saturated rings. The first kappa shape index (κ1) is 21.0. The Balaban J connectivity index is 1.84. The van der Waals surface area contributed by atoms with Crippen LogP contribution in [0.5, 0.6) is 0 Å². The Bertz CT molecular complexity index is 1290. The summed E-state index contributed by atoms with van der Waals surface area (Å²) in [6.07, 6.45) is 0.971. The molecule has 30 heavy (non-hydrogen) atoms. The number of rotatable bonds is 5. The summed E-state index contributed by atoms with van der Waals surface area (Å²) in [6, 6.07) is 9.23. The van der Waals surface area contributed by atoms with Crippen LogP contribution in [-0.2, 0) is 31.7 Å². The molecule has 0 spiro atoms. The van der Waals surface area contributed by atoms with Gasteiger partial charge < -0.3 is 5.32 Å². The van der Waals surface area contributed by atoms with Crippen molar-refractivity contribution in [3.63, 3.8) is 0 Å². The molecule has 0 aliphatic carbocycles. The molecule has 3 rings (SSSR count). The van der Waals surface area contributed by atoms with Gasteiger partial charge in [0.25, 0.3) is 5.56 Å². The lowest BCUT2D eigenvalue weighted by Crippen LogP contribution is -2.38. The fourth-order valence-electron chi connectivity index (χ4n) is 3.57. The maximum atomic E-state index is 12.6. The van der Waals surface area contributed by atoms with Gasteiger partial charge in [-0.1, -0.05) is 12.1 Å². The van der Waals surface area contributed by atoms with Gasteiger partial charge in [0.1, 0.15) is 5.65 Å². The molecule has 1 amide bonds. The van der Waals surface area contributed by atoms with E-state index in [1.807, 2.05) is 13.8 Å². The number of aryl methyl sites for hydroxylation is 3. The first-order valence-electron chi connectivity index (χ1n) is 9.56. The number of hydrogen-bond acceptors (Lipinski definition) is 5. The van der Waals surface area contributed by atoms with E-state index in [2.05, 4.69) is 16.4 Å². The highest BCUT2D eigenvalue weighted by Crippen LogP contribution is 2.21. The van der Waals surface area contributed by atoms with E-state index in [0.717, 1.165) is 21.3 Å². The topological polar surface area (TPSA) is 110 Å². The van der Waals surface area contributed by atoms with Crippen molar-refractivity contribution in [2.24, 2.45) is 14.1 Å². The van der Waals surface area contributed by atoms with Crippen LogP contribution >= 0.6 is 0 Å². The first-order valence-corrected chi connectivity index (χ1v) is 9.56. The van der Waals surface area contributed by atoms with Crippen molar-refractivity contribution in [1.29, 1.82) is 5.26 Å². The zero-order valence-electron chi connectivity index (χ0n) is 17.4. The number of benzene rings is 1. The van der Waals surface area contributed by atoms with Gasteiger partial charge in [-0.25, -0.2) is 9.78 Å². The van der Waals surface area contributed by atoms with Gasteiger partial charge in [-0.2, -0.15) is 5.26 Å². The van der Waals surface area contributed by atoms with Gasteiger partial charge in [-0.05, 0) is 49.1 Å². The molecule has 2 heterocycles. The number of hydrogen-bond donors (Lipinski definition) is 1. The predicted octanol–water partition coefficient (Wildman–Crippen LogP) is 1.89. The number of carbonyl (C=O) groups excluding carboxylic acids is 1. The second kappa shape index (κ2) is 8.33. The monoisotopic (exact) mass is 405 g/mol. The average molecular weight is 405 g/mol. The fourth-order valence-corrected chi connectivity index (χ4v) is 3.57. The molecule has 0 aliphatic rings. The molecule has 1 aromatic carbocycles. The molecule has 3 aromatic rings. The van der Waals surface area contributed by atoms with E-state index < -0.39 is 5.69 Å². The Morgan fingerprint density at radius 2 is 1.80 bits per heavy atom. The number of anilines is 1. The Morgan fingerprint density at radius 3 is 2.43 bits per heavy atom. The molecule has 0 radical (unpaired) electrons. The Kier molecular flexibility index (Phi) is 5.83. The van der Waals surface area contributed by atoms with Crippen molar-refractivity contribution in [2.45, 2.75) is 33.1 Å². The maximum absolute atomic E-state index is 12.6. The number of fused-ring (bicyclic) bond motifs is 1. The highest BCUT2D eigenvalue weighted by Gasteiger charge is 2.17. The van der Waals surface area contributed by atoms with Gasteiger partial charge in [0.2, 0.25) is 5.91 Å².